The van der Waals surface area contributed by atoms with Crippen molar-refractivity contribution >= 4 is 23.2 Å². The Morgan fingerprint density at radius 3 is 2.17 bits per heavy atom. The molecule has 8 heteroatoms. The second kappa shape index (κ2) is 8.77. The molecule has 0 spiro atoms. The van der Waals surface area contributed by atoms with Crippen molar-refractivity contribution < 1.29 is 22.8 Å². The maximum absolute atomic E-state index is 12.7. The Kier molecular flexibility index (Phi) is 6.34. The topological polar surface area (TPSA) is 61.4 Å². The highest BCUT2D eigenvalue weighted by Gasteiger charge is 2.30. The number of nitrogens with zero attached hydrogens (tertiary/aromatic N) is 1. The van der Waals surface area contributed by atoms with Crippen molar-refractivity contribution in [2.45, 2.75) is 38.9 Å². The average Bonchev–Trinajstić information content (AvgIpc) is 3.21. The van der Waals surface area contributed by atoms with E-state index in [4.69, 9.17) is 0 Å². The second-order valence-corrected chi connectivity index (χ2v) is 7.58. The van der Waals surface area contributed by atoms with Gasteiger partial charge in [0.15, 0.2) is 0 Å². The van der Waals surface area contributed by atoms with Crippen LogP contribution in [0.2, 0.25) is 0 Å². The normalized spacial score (nSPS) is 14.1. The standard InChI is InChI=1S/C22H24F3N3O2/c1-14(2)26-21(30)18-13-17(9-10-19(18)28-11-3-4-12-28)27-20(29)15-5-7-16(8-6-15)22(23,24)25/h5-10,13-14H,3-4,11-12H2,1-2H3,(H,26,30)(H,27,29). The molecule has 0 aliphatic carbocycles. The maximum Gasteiger partial charge on any atom is 0.416 e. The number of nitrogens with one attached hydrogen (secondary N) is 2. The molecule has 0 unspecified atom stereocenters. The molecule has 30 heavy (non-hydrogen) atoms. The number of halogens is 3. The lowest BCUT2D eigenvalue weighted by Crippen LogP contribution is -2.32. The molecule has 0 bridgehead atoms. The predicted molar refractivity (Wildman–Crippen MR) is 110 cm³/mol. The molecule has 1 heterocycles. The van der Waals surface area contributed by atoms with Crippen molar-refractivity contribution in [1.82, 2.24) is 5.32 Å². The summed E-state index contributed by atoms with van der Waals surface area (Å²) in [6.45, 7) is 5.45. The van der Waals surface area contributed by atoms with Gasteiger partial charge in [-0.05, 0) is 69.2 Å². The molecule has 2 aromatic carbocycles. The summed E-state index contributed by atoms with van der Waals surface area (Å²) in [4.78, 5) is 27.3. The van der Waals surface area contributed by atoms with Crippen LogP contribution in [0.15, 0.2) is 42.5 Å². The minimum Gasteiger partial charge on any atom is -0.371 e. The van der Waals surface area contributed by atoms with Gasteiger partial charge in [-0.15, -0.1) is 0 Å². The van der Waals surface area contributed by atoms with Crippen LogP contribution in [0, 0.1) is 0 Å². The van der Waals surface area contributed by atoms with Crippen LogP contribution in [0.25, 0.3) is 0 Å². The fraction of sp³-hybridized carbons (Fsp3) is 0.364. The van der Waals surface area contributed by atoms with Crippen LogP contribution < -0.4 is 15.5 Å². The third-order valence-electron chi connectivity index (χ3n) is 4.84. The molecule has 2 amide bonds. The quantitative estimate of drug-likeness (QED) is 0.739. The largest absolute Gasteiger partial charge is 0.416 e. The van der Waals surface area contributed by atoms with Crippen LogP contribution in [0.3, 0.4) is 0 Å². The average molecular weight is 419 g/mol. The fourth-order valence-corrected chi connectivity index (χ4v) is 3.38. The molecular formula is C22H24F3N3O2. The Hall–Kier alpha value is -3.03. The van der Waals surface area contributed by atoms with E-state index >= 15 is 0 Å². The molecule has 2 aromatic rings. The van der Waals surface area contributed by atoms with Gasteiger partial charge in [-0.2, -0.15) is 13.2 Å². The van der Waals surface area contributed by atoms with Crippen molar-refractivity contribution in [3.8, 4) is 0 Å². The van der Waals surface area contributed by atoms with Crippen LogP contribution in [-0.4, -0.2) is 30.9 Å². The van der Waals surface area contributed by atoms with Gasteiger partial charge in [0.1, 0.15) is 0 Å². The summed E-state index contributed by atoms with van der Waals surface area (Å²) in [6, 6.07) is 9.04. The van der Waals surface area contributed by atoms with E-state index in [-0.39, 0.29) is 17.5 Å². The molecule has 1 aliphatic rings. The van der Waals surface area contributed by atoms with E-state index in [1.165, 1.54) is 0 Å². The number of hydrogen-bond donors (Lipinski definition) is 2. The first-order valence-corrected chi connectivity index (χ1v) is 9.83. The molecular weight excluding hydrogens is 395 g/mol. The number of carbonyl (C=O) groups excluding carboxylic acids is 2. The summed E-state index contributed by atoms with van der Waals surface area (Å²) >= 11 is 0. The highest BCUT2D eigenvalue weighted by atomic mass is 19.4. The molecule has 3 rings (SSSR count). The molecule has 1 aliphatic heterocycles. The van der Waals surface area contributed by atoms with Crippen molar-refractivity contribution in [2.75, 3.05) is 23.3 Å². The first-order chi connectivity index (χ1) is 14.1. The lowest BCUT2D eigenvalue weighted by molar-refractivity contribution is -0.137. The molecule has 0 saturated carbocycles. The number of carbonyl (C=O) groups is 2. The van der Waals surface area contributed by atoms with Gasteiger partial charge in [-0.25, -0.2) is 0 Å². The number of alkyl halides is 3. The summed E-state index contributed by atoms with van der Waals surface area (Å²) in [5, 5.41) is 5.53. The zero-order valence-electron chi connectivity index (χ0n) is 16.8. The monoisotopic (exact) mass is 419 g/mol. The number of amides is 2. The highest BCUT2D eigenvalue weighted by Crippen LogP contribution is 2.30. The molecule has 2 N–H and O–H groups in total. The van der Waals surface area contributed by atoms with E-state index in [2.05, 4.69) is 15.5 Å². The van der Waals surface area contributed by atoms with E-state index in [9.17, 15) is 22.8 Å². The smallest absolute Gasteiger partial charge is 0.371 e. The van der Waals surface area contributed by atoms with Gasteiger partial charge in [-0.3, -0.25) is 9.59 Å². The highest BCUT2D eigenvalue weighted by molar-refractivity contribution is 6.06. The van der Waals surface area contributed by atoms with E-state index in [1.807, 2.05) is 13.8 Å². The SMILES string of the molecule is CC(C)NC(=O)c1cc(NC(=O)c2ccc(C(F)(F)F)cc2)ccc1N1CCCC1. The lowest BCUT2D eigenvalue weighted by Gasteiger charge is -2.22. The van der Waals surface area contributed by atoms with E-state index < -0.39 is 17.6 Å². The minimum atomic E-state index is -4.46. The van der Waals surface area contributed by atoms with Crippen LogP contribution in [0.1, 0.15) is 53.0 Å². The second-order valence-electron chi connectivity index (χ2n) is 7.58. The van der Waals surface area contributed by atoms with E-state index in [0.717, 1.165) is 55.9 Å². The van der Waals surface area contributed by atoms with Crippen LogP contribution in [0.5, 0.6) is 0 Å². The van der Waals surface area contributed by atoms with Gasteiger partial charge < -0.3 is 15.5 Å². The van der Waals surface area contributed by atoms with Gasteiger partial charge in [0, 0.05) is 36.1 Å². The van der Waals surface area contributed by atoms with Gasteiger partial charge in [-0.1, -0.05) is 0 Å². The Labute approximate surface area is 173 Å². The van der Waals surface area contributed by atoms with Gasteiger partial charge >= 0.3 is 6.18 Å². The first kappa shape index (κ1) is 21.7. The Morgan fingerprint density at radius 1 is 0.967 bits per heavy atom. The summed E-state index contributed by atoms with van der Waals surface area (Å²) < 4.78 is 38.1. The summed E-state index contributed by atoms with van der Waals surface area (Å²) in [5.74, 6) is -0.787. The van der Waals surface area contributed by atoms with Gasteiger partial charge in [0.25, 0.3) is 11.8 Å². The zero-order valence-corrected chi connectivity index (χ0v) is 16.8. The number of benzene rings is 2. The third kappa shape index (κ3) is 5.11. The Morgan fingerprint density at radius 2 is 1.60 bits per heavy atom. The molecule has 160 valence electrons. The first-order valence-electron chi connectivity index (χ1n) is 9.83. The molecule has 0 radical (unpaired) electrons. The number of anilines is 2. The predicted octanol–water partition coefficient (Wildman–Crippen LogP) is 4.70. The van der Waals surface area contributed by atoms with E-state index in [0.29, 0.717) is 11.3 Å². The number of rotatable bonds is 5. The summed E-state index contributed by atoms with van der Waals surface area (Å²) in [7, 11) is 0. The van der Waals surface area contributed by atoms with Gasteiger partial charge in [0.05, 0.1) is 11.1 Å². The van der Waals surface area contributed by atoms with Crippen molar-refractivity contribution in [1.29, 1.82) is 0 Å². The van der Waals surface area contributed by atoms with Crippen LogP contribution in [-0.2, 0) is 6.18 Å². The third-order valence-corrected chi connectivity index (χ3v) is 4.84. The van der Waals surface area contributed by atoms with Crippen molar-refractivity contribution in [3.63, 3.8) is 0 Å². The van der Waals surface area contributed by atoms with Crippen LogP contribution in [0.4, 0.5) is 24.5 Å². The summed E-state index contributed by atoms with van der Waals surface area (Å²) in [5.41, 5.74) is 0.937. The molecule has 0 aromatic heterocycles. The minimum absolute atomic E-state index is 0.0469. The Balaban J connectivity index is 1.83. The summed E-state index contributed by atoms with van der Waals surface area (Å²) in [6.07, 6.45) is -2.35. The van der Waals surface area contributed by atoms with Crippen molar-refractivity contribution in [2.24, 2.45) is 0 Å². The zero-order chi connectivity index (χ0) is 21.9. The van der Waals surface area contributed by atoms with E-state index in [1.54, 1.807) is 18.2 Å². The fourth-order valence-electron chi connectivity index (χ4n) is 3.38. The molecule has 5 nitrogen and oxygen atoms in total. The van der Waals surface area contributed by atoms with Gasteiger partial charge in [0.2, 0.25) is 0 Å². The maximum atomic E-state index is 12.7. The lowest BCUT2D eigenvalue weighted by atomic mass is 10.1. The molecule has 1 saturated heterocycles. The number of hydrogen-bond acceptors (Lipinski definition) is 3. The van der Waals surface area contributed by atoms with Crippen LogP contribution >= 0.6 is 0 Å². The Bertz CT molecular complexity index is 918. The van der Waals surface area contributed by atoms with Crippen molar-refractivity contribution in [3.05, 3.63) is 59.2 Å². The molecule has 0 atom stereocenters. The molecule has 1 fully saturated rings.